The summed E-state index contributed by atoms with van der Waals surface area (Å²) in [5, 5.41) is 4.09. The van der Waals surface area contributed by atoms with Gasteiger partial charge in [-0.3, -0.25) is 9.48 Å². The number of nitrogens with zero attached hydrogens (tertiary/aromatic N) is 2. The third-order valence-electron chi connectivity index (χ3n) is 1.42. The number of aromatic nitrogens is 2. The van der Waals surface area contributed by atoms with Gasteiger partial charge in [0.25, 0.3) is 0 Å². The summed E-state index contributed by atoms with van der Waals surface area (Å²) >= 11 is 5.34. The molecule has 0 aromatic carbocycles. The molecule has 0 spiro atoms. The van der Waals surface area contributed by atoms with Crippen molar-refractivity contribution in [3.63, 3.8) is 0 Å². The van der Waals surface area contributed by atoms with Crippen LogP contribution in [0.4, 0.5) is 0 Å². The number of rotatable bonds is 3. The summed E-state index contributed by atoms with van der Waals surface area (Å²) in [6.45, 7) is 2.37. The van der Waals surface area contributed by atoms with Gasteiger partial charge in [0, 0.05) is 5.54 Å². The lowest BCUT2D eigenvalue weighted by Gasteiger charge is -1.96. The van der Waals surface area contributed by atoms with Gasteiger partial charge < -0.3 is 0 Å². The van der Waals surface area contributed by atoms with Gasteiger partial charge in [-0.15, -0.1) is 0 Å². The molecule has 0 saturated heterocycles. The van der Waals surface area contributed by atoms with Crippen LogP contribution in [0.5, 0.6) is 0 Å². The second-order valence-corrected chi connectivity index (χ2v) is 2.62. The highest BCUT2D eigenvalue weighted by Gasteiger charge is 2.01. The van der Waals surface area contributed by atoms with E-state index in [1.165, 1.54) is 5.54 Å². The van der Waals surface area contributed by atoms with Gasteiger partial charge in [0.05, 0.1) is 12.2 Å². The number of aldehydes is 1. The van der Waals surface area contributed by atoms with Crippen LogP contribution < -0.4 is 0 Å². The SMILES string of the molecule is Cc1cc(C=O)n(CC=CCl)n1. The van der Waals surface area contributed by atoms with Gasteiger partial charge in [-0.05, 0) is 13.0 Å². The van der Waals surface area contributed by atoms with E-state index in [2.05, 4.69) is 5.10 Å². The molecule has 0 aliphatic carbocycles. The quantitative estimate of drug-likeness (QED) is 0.671. The second kappa shape index (κ2) is 4.07. The molecule has 1 heterocycles. The summed E-state index contributed by atoms with van der Waals surface area (Å²) in [5.74, 6) is 0. The van der Waals surface area contributed by atoms with Crippen molar-refractivity contribution in [2.45, 2.75) is 13.5 Å². The molecule has 0 amide bonds. The Morgan fingerprint density at radius 2 is 2.50 bits per heavy atom. The Morgan fingerprint density at radius 3 is 3.08 bits per heavy atom. The minimum Gasteiger partial charge on any atom is -0.296 e. The Hall–Kier alpha value is -1.09. The predicted molar refractivity (Wildman–Crippen MR) is 47.3 cm³/mol. The highest BCUT2D eigenvalue weighted by Crippen LogP contribution is 2.00. The molecule has 0 aliphatic rings. The van der Waals surface area contributed by atoms with Crippen molar-refractivity contribution in [2.24, 2.45) is 0 Å². The Balaban J connectivity index is 2.88. The standard InChI is InChI=1S/C8H9ClN2O/c1-7-5-8(6-12)11(10-7)4-2-3-9/h2-3,5-6H,4H2,1H3. The van der Waals surface area contributed by atoms with E-state index in [-0.39, 0.29) is 0 Å². The van der Waals surface area contributed by atoms with Crippen LogP contribution in [-0.2, 0) is 6.54 Å². The van der Waals surface area contributed by atoms with E-state index >= 15 is 0 Å². The summed E-state index contributed by atoms with van der Waals surface area (Å²) in [4.78, 5) is 10.5. The Kier molecular flexibility index (Phi) is 3.05. The smallest absolute Gasteiger partial charge is 0.168 e. The van der Waals surface area contributed by atoms with Crippen LogP contribution in [-0.4, -0.2) is 16.1 Å². The van der Waals surface area contributed by atoms with E-state index in [4.69, 9.17) is 11.6 Å². The van der Waals surface area contributed by atoms with E-state index in [0.29, 0.717) is 12.2 Å². The van der Waals surface area contributed by atoms with Crippen LogP contribution in [0.1, 0.15) is 16.2 Å². The third-order valence-corrected chi connectivity index (χ3v) is 1.60. The molecule has 0 atom stereocenters. The lowest BCUT2D eigenvalue weighted by Crippen LogP contribution is -2.01. The highest BCUT2D eigenvalue weighted by atomic mass is 35.5. The number of carbonyl (C=O) groups excluding carboxylic acids is 1. The van der Waals surface area contributed by atoms with Crippen LogP contribution in [0, 0.1) is 6.92 Å². The van der Waals surface area contributed by atoms with Crippen LogP contribution in [0.15, 0.2) is 17.7 Å². The van der Waals surface area contributed by atoms with Crippen LogP contribution in [0.3, 0.4) is 0 Å². The van der Waals surface area contributed by atoms with E-state index < -0.39 is 0 Å². The Labute approximate surface area is 75.6 Å². The first-order chi connectivity index (χ1) is 5.77. The zero-order valence-corrected chi connectivity index (χ0v) is 7.45. The molecule has 0 bridgehead atoms. The topological polar surface area (TPSA) is 34.9 Å². The van der Waals surface area contributed by atoms with Crippen molar-refractivity contribution in [1.29, 1.82) is 0 Å². The molecule has 0 aliphatic heterocycles. The fraction of sp³-hybridized carbons (Fsp3) is 0.250. The van der Waals surface area contributed by atoms with Crippen molar-refractivity contribution < 1.29 is 4.79 Å². The van der Waals surface area contributed by atoms with E-state index in [9.17, 15) is 4.79 Å². The molecule has 0 saturated carbocycles. The molecule has 0 radical (unpaired) electrons. The van der Waals surface area contributed by atoms with E-state index in [1.807, 2.05) is 6.92 Å². The molecule has 1 aromatic rings. The maximum atomic E-state index is 10.5. The molecule has 0 N–H and O–H groups in total. The van der Waals surface area contributed by atoms with Gasteiger partial charge in [0.1, 0.15) is 5.69 Å². The summed E-state index contributed by atoms with van der Waals surface area (Å²) < 4.78 is 1.60. The Bertz CT molecular complexity index is 304. The first-order valence-electron chi connectivity index (χ1n) is 3.52. The van der Waals surface area contributed by atoms with Gasteiger partial charge in [-0.1, -0.05) is 17.7 Å². The number of hydrogen-bond donors (Lipinski definition) is 0. The van der Waals surface area contributed by atoms with Gasteiger partial charge in [0.15, 0.2) is 6.29 Å². The van der Waals surface area contributed by atoms with E-state index in [0.717, 1.165) is 12.0 Å². The average molecular weight is 185 g/mol. The zero-order chi connectivity index (χ0) is 8.97. The fourth-order valence-corrected chi connectivity index (χ4v) is 1.03. The number of hydrogen-bond acceptors (Lipinski definition) is 2. The summed E-state index contributed by atoms with van der Waals surface area (Å²) in [5.41, 5.74) is 2.81. The van der Waals surface area contributed by atoms with Gasteiger partial charge >= 0.3 is 0 Å². The number of halogens is 1. The average Bonchev–Trinajstić information content (AvgIpc) is 2.42. The van der Waals surface area contributed by atoms with Crippen molar-refractivity contribution in [2.75, 3.05) is 0 Å². The lowest BCUT2D eigenvalue weighted by atomic mass is 10.4. The lowest BCUT2D eigenvalue weighted by molar-refractivity contribution is 0.111. The molecule has 3 nitrogen and oxygen atoms in total. The highest BCUT2D eigenvalue weighted by molar-refractivity contribution is 6.25. The van der Waals surface area contributed by atoms with Crippen LogP contribution in [0.2, 0.25) is 0 Å². The number of carbonyl (C=O) groups is 1. The zero-order valence-electron chi connectivity index (χ0n) is 6.70. The number of aryl methyl sites for hydroxylation is 1. The molecule has 1 aromatic heterocycles. The normalized spacial score (nSPS) is 10.8. The molecular weight excluding hydrogens is 176 g/mol. The van der Waals surface area contributed by atoms with Crippen molar-refractivity contribution in [3.8, 4) is 0 Å². The molecular formula is C8H9ClN2O. The molecule has 64 valence electrons. The van der Waals surface area contributed by atoms with E-state index in [1.54, 1.807) is 16.8 Å². The molecule has 12 heavy (non-hydrogen) atoms. The first-order valence-corrected chi connectivity index (χ1v) is 3.96. The summed E-state index contributed by atoms with van der Waals surface area (Å²) in [7, 11) is 0. The molecule has 0 fully saturated rings. The Morgan fingerprint density at radius 1 is 1.75 bits per heavy atom. The van der Waals surface area contributed by atoms with Gasteiger partial charge in [0.2, 0.25) is 0 Å². The molecule has 1 rings (SSSR count). The van der Waals surface area contributed by atoms with Gasteiger partial charge in [-0.2, -0.15) is 5.10 Å². The largest absolute Gasteiger partial charge is 0.296 e. The monoisotopic (exact) mass is 184 g/mol. The number of allylic oxidation sites excluding steroid dienone is 1. The molecule has 4 heteroatoms. The van der Waals surface area contributed by atoms with Crippen molar-refractivity contribution >= 4 is 17.9 Å². The van der Waals surface area contributed by atoms with Gasteiger partial charge in [-0.25, -0.2) is 0 Å². The van der Waals surface area contributed by atoms with Crippen molar-refractivity contribution in [3.05, 3.63) is 29.1 Å². The fourth-order valence-electron chi connectivity index (χ4n) is 0.946. The maximum Gasteiger partial charge on any atom is 0.168 e. The second-order valence-electron chi connectivity index (χ2n) is 2.37. The summed E-state index contributed by atoms with van der Waals surface area (Å²) in [6.07, 6.45) is 2.50. The van der Waals surface area contributed by atoms with Crippen LogP contribution in [0.25, 0.3) is 0 Å². The third kappa shape index (κ3) is 1.95. The maximum absolute atomic E-state index is 10.5. The van der Waals surface area contributed by atoms with Crippen molar-refractivity contribution in [1.82, 2.24) is 9.78 Å². The van der Waals surface area contributed by atoms with Crippen LogP contribution >= 0.6 is 11.6 Å². The summed E-state index contributed by atoms with van der Waals surface area (Å²) in [6, 6.07) is 1.73. The first kappa shape index (κ1) is 9.00. The minimum absolute atomic E-state index is 0.533. The molecule has 0 unspecified atom stereocenters. The minimum atomic E-state index is 0.533. The predicted octanol–water partition coefficient (Wildman–Crippen LogP) is 1.76.